The van der Waals surface area contributed by atoms with Crippen molar-refractivity contribution < 1.29 is 4.79 Å². The third kappa shape index (κ3) is 5.42. The summed E-state index contributed by atoms with van der Waals surface area (Å²) >= 11 is 0. The van der Waals surface area contributed by atoms with Gasteiger partial charge in [0.15, 0.2) is 0 Å². The van der Waals surface area contributed by atoms with Gasteiger partial charge in [0.1, 0.15) is 12.7 Å². The lowest BCUT2D eigenvalue weighted by Crippen LogP contribution is -2.39. The quantitative estimate of drug-likeness (QED) is 0.858. The fourth-order valence-corrected chi connectivity index (χ4v) is 3.08. The Morgan fingerprint density at radius 3 is 2.68 bits per heavy atom. The Balaban J connectivity index is 0.00000156. The number of carbonyl (C=O) groups is 1. The summed E-state index contributed by atoms with van der Waals surface area (Å²) in [5.41, 5.74) is 1.57. The summed E-state index contributed by atoms with van der Waals surface area (Å²) in [6.07, 6.45) is 6.51. The van der Waals surface area contributed by atoms with Gasteiger partial charge in [0.05, 0.1) is 5.69 Å². The number of nitrogens with zero attached hydrogens (tertiary/aromatic N) is 4. The summed E-state index contributed by atoms with van der Waals surface area (Å²) in [5, 5.41) is 7.31. The van der Waals surface area contributed by atoms with Crippen molar-refractivity contribution in [2.45, 2.75) is 19.3 Å². The molecule has 1 amide bonds. The number of hydrogen-bond donors (Lipinski definition) is 1. The van der Waals surface area contributed by atoms with Crippen molar-refractivity contribution >= 4 is 30.7 Å². The number of piperidine rings is 1. The fourth-order valence-electron chi connectivity index (χ4n) is 3.08. The minimum absolute atomic E-state index is 0. The van der Waals surface area contributed by atoms with Gasteiger partial charge in [-0.2, -0.15) is 5.10 Å². The van der Waals surface area contributed by atoms with Crippen LogP contribution in [-0.4, -0.2) is 52.3 Å². The summed E-state index contributed by atoms with van der Waals surface area (Å²) in [7, 11) is 1.99. The van der Waals surface area contributed by atoms with Gasteiger partial charge in [0.25, 0.3) is 5.91 Å². The second-order valence-corrected chi connectivity index (χ2v) is 6.02. The predicted molar refractivity (Wildman–Crippen MR) is 103 cm³/mol. The number of halogens is 2. The highest BCUT2D eigenvalue weighted by Crippen LogP contribution is 2.22. The first kappa shape index (κ1) is 21.4. The van der Waals surface area contributed by atoms with Crippen LogP contribution in [0, 0.1) is 5.92 Å². The normalized spacial score (nSPS) is 14.5. The van der Waals surface area contributed by atoms with Crippen molar-refractivity contribution in [1.82, 2.24) is 25.0 Å². The second-order valence-electron chi connectivity index (χ2n) is 6.02. The molecule has 3 rings (SSSR count). The molecule has 1 aliphatic heterocycles. The van der Waals surface area contributed by atoms with Gasteiger partial charge in [-0.15, -0.1) is 24.8 Å². The Kier molecular flexibility index (Phi) is 8.89. The maximum Gasteiger partial charge on any atom is 0.253 e. The van der Waals surface area contributed by atoms with Crippen LogP contribution in [0.1, 0.15) is 29.6 Å². The van der Waals surface area contributed by atoms with E-state index in [1.807, 2.05) is 36.2 Å². The molecule has 1 aromatic heterocycles. The number of carbonyl (C=O) groups excluding carboxylic acids is 1. The monoisotopic (exact) mass is 385 g/mol. The average Bonchev–Trinajstić information content (AvgIpc) is 3.14. The minimum atomic E-state index is 0. The zero-order chi connectivity index (χ0) is 16.1. The molecular weight excluding hydrogens is 361 g/mol. The lowest BCUT2D eigenvalue weighted by molar-refractivity contribution is 0.0687. The molecule has 0 saturated carbocycles. The number of nitrogens with one attached hydrogen (secondary N) is 1. The van der Waals surface area contributed by atoms with Crippen LogP contribution in [0.4, 0.5) is 0 Å². The Morgan fingerprint density at radius 1 is 1.28 bits per heavy atom. The van der Waals surface area contributed by atoms with Crippen molar-refractivity contribution in [3.8, 4) is 5.69 Å². The largest absolute Gasteiger partial charge is 0.339 e. The van der Waals surface area contributed by atoms with Crippen molar-refractivity contribution in [2.75, 3.05) is 26.7 Å². The summed E-state index contributed by atoms with van der Waals surface area (Å²) in [5.74, 6) is 0.840. The van der Waals surface area contributed by atoms with Crippen LogP contribution in [0.3, 0.4) is 0 Å². The van der Waals surface area contributed by atoms with Gasteiger partial charge >= 0.3 is 0 Å². The van der Waals surface area contributed by atoms with Gasteiger partial charge in [0.2, 0.25) is 0 Å². The van der Waals surface area contributed by atoms with Gasteiger partial charge in [-0.05, 0) is 57.0 Å². The molecule has 8 heteroatoms. The molecule has 1 aliphatic rings. The predicted octanol–water partition coefficient (Wildman–Crippen LogP) is 2.57. The molecular formula is C17H25Cl2N5O. The minimum Gasteiger partial charge on any atom is -0.339 e. The number of hydrogen-bond acceptors (Lipinski definition) is 4. The number of benzene rings is 1. The van der Waals surface area contributed by atoms with Crippen molar-refractivity contribution in [3.05, 3.63) is 42.5 Å². The maximum absolute atomic E-state index is 12.7. The summed E-state index contributed by atoms with van der Waals surface area (Å²) in [4.78, 5) is 18.6. The molecule has 25 heavy (non-hydrogen) atoms. The molecule has 1 N–H and O–H groups in total. The fraction of sp³-hybridized carbons (Fsp3) is 0.471. The van der Waals surface area contributed by atoms with E-state index in [1.54, 1.807) is 11.0 Å². The van der Waals surface area contributed by atoms with E-state index < -0.39 is 0 Å². The highest BCUT2D eigenvalue weighted by atomic mass is 35.5. The summed E-state index contributed by atoms with van der Waals surface area (Å²) in [6.45, 7) is 2.75. The molecule has 0 aliphatic carbocycles. The van der Waals surface area contributed by atoms with Crippen LogP contribution in [0.2, 0.25) is 0 Å². The van der Waals surface area contributed by atoms with Crippen LogP contribution in [0.15, 0.2) is 36.9 Å². The van der Waals surface area contributed by atoms with E-state index in [2.05, 4.69) is 15.4 Å². The smallest absolute Gasteiger partial charge is 0.253 e. The van der Waals surface area contributed by atoms with Crippen LogP contribution >= 0.6 is 24.8 Å². The van der Waals surface area contributed by atoms with E-state index in [4.69, 9.17) is 0 Å². The molecule has 2 aromatic rings. The topological polar surface area (TPSA) is 63.1 Å². The number of aromatic nitrogens is 3. The summed E-state index contributed by atoms with van der Waals surface area (Å²) < 4.78 is 1.67. The number of likely N-dealkylation sites (tertiary alicyclic amines) is 1. The van der Waals surface area contributed by atoms with Gasteiger partial charge in [-0.1, -0.05) is 6.07 Å². The van der Waals surface area contributed by atoms with Gasteiger partial charge in [-0.3, -0.25) is 4.79 Å². The molecule has 2 heterocycles. The third-order valence-corrected chi connectivity index (χ3v) is 4.48. The average molecular weight is 386 g/mol. The molecule has 1 fully saturated rings. The van der Waals surface area contributed by atoms with Gasteiger partial charge in [0, 0.05) is 18.7 Å². The molecule has 0 spiro atoms. The zero-order valence-corrected chi connectivity index (χ0v) is 15.9. The van der Waals surface area contributed by atoms with E-state index in [1.165, 1.54) is 12.7 Å². The first-order valence-corrected chi connectivity index (χ1v) is 8.17. The third-order valence-electron chi connectivity index (χ3n) is 4.48. The van der Waals surface area contributed by atoms with Crippen LogP contribution in [-0.2, 0) is 0 Å². The maximum atomic E-state index is 12.7. The molecule has 0 unspecified atom stereocenters. The molecule has 0 atom stereocenters. The molecule has 0 radical (unpaired) electrons. The van der Waals surface area contributed by atoms with Crippen LogP contribution in [0.25, 0.3) is 5.69 Å². The first-order chi connectivity index (χ1) is 11.3. The number of amides is 1. The van der Waals surface area contributed by atoms with Crippen LogP contribution in [0.5, 0.6) is 0 Å². The molecule has 138 valence electrons. The second kappa shape index (κ2) is 10.4. The van der Waals surface area contributed by atoms with E-state index in [0.29, 0.717) is 5.56 Å². The molecule has 0 bridgehead atoms. The standard InChI is InChI=1S/C17H23N5O.2ClH/c1-18-8-5-14-6-9-21(10-7-14)17(23)15-3-2-4-16(11-15)22-13-19-12-20-22;;/h2-4,11-14,18H,5-10H2,1H3;2*1H. The highest BCUT2D eigenvalue weighted by molar-refractivity contribution is 5.94. The molecule has 6 nitrogen and oxygen atoms in total. The van der Waals surface area contributed by atoms with Crippen molar-refractivity contribution in [2.24, 2.45) is 5.92 Å². The number of rotatable bonds is 5. The lowest BCUT2D eigenvalue weighted by Gasteiger charge is -2.32. The SMILES string of the molecule is CNCCC1CCN(C(=O)c2cccc(-n3cncn3)c2)CC1.Cl.Cl. The Hall–Kier alpha value is -1.63. The Morgan fingerprint density at radius 2 is 2.04 bits per heavy atom. The molecule has 1 saturated heterocycles. The van der Waals surface area contributed by atoms with E-state index in [9.17, 15) is 4.79 Å². The Bertz CT molecular complexity index is 642. The zero-order valence-electron chi connectivity index (χ0n) is 14.3. The van der Waals surface area contributed by atoms with Gasteiger partial charge in [-0.25, -0.2) is 9.67 Å². The van der Waals surface area contributed by atoms with Crippen molar-refractivity contribution in [3.63, 3.8) is 0 Å². The lowest BCUT2D eigenvalue weighted by atomic mass is 9.93. The van der Waals surface area contributed by atoms with Crippen molar-refractivity contribution in [1.29, 1.82) is 0 Å². The van der Waals surface area contributed by atoms with E-state index >= 15 is 0 Å². The highest BCUT2D eigenvalue weighted by Gasteiger charge is 2.23. The first-order valence-electron chi connectivity index (χ1n) is 8.17. The summed E-state index contributed by atoms with van der Waals surface area (Å²) in [6, 6.07) is 7.57. The van der Waals surface area contributed by atoms with Gasteiger partial charge < -0.3 is 10.2 Å². The Labute approximate surface area is 160 Å². The van der Waals surface area contributed by atoms with Crippen LogP contribution < -0.4 is 5.32 Å². The molecule has 1 aromatic carbocycles. The van der Waals surface area contributed by atoms with E-state index in [-0.39, 0.29) is 30.7 Å². The van der Waals surface area contributed by atoms with E-state index in [0.717, 1.165) is 44.1 Å².